The molecule has 3 heterocycles. The summed E-state index contributed by atoms with van der Waals surface area (Å²) in [5.74, 6) is 0. The maximum atomic E-state index is 10.1. The monoisotopic (exact) mass is 302 g/mol. The van der Waals surface area contributed by atoms with E-state index >= 15 is 0 Å². The molecule has 1 fully saturated rings. The second kappa shape index (κ2) is 4.88. The third kappa shape index (κ3) is 2.09. The van der Waals surface area contributed by atoms with Gasteiger partial charge in [0.2, 0.25) is 5.28 Å². The van der Waals surface area contributed by atoms with E-state index in [4.69, 9.17) is 16.7 Å². The molecule has 4 atom stereocenters. The Hall–Kier alpha value is -0.930. The number of imidazole rings is 1. The van der Waals surface area contributed by atoms with Crippen molar-refractivity contribution in [1.82, 2.24) is 19.5 Å². The topological polar surface area (TPSA) is 104 Å². The zero-order valence-electron chi connectivity index (χ0n) is 9.59. The van der Waals surface area contributed by atoms with E-state index in [0.29, 0.717) is 11.2 Å². The van der Waals surface area contributed by atoms with Gasteiger partial charge in [0.1, 0.15) is 17.0 Å². The molecule has 0 amide bonds. The average Bonchev–Trinajstić information content (AvgIpc) is 2.92. The molecule has 0 bridgehead atoms. The van der Waals surface area contributed by atoms with E-state index in [9.17, 15) is 10.2 Å². The number of halogens is 1. The zero-order valence-corrected chi connectivity index (χ0v) is 11.2. The molecule has 7 nitrogen and oxygen atoms in total. The Bertz CT molecular complexity index is 609. The first kappa shape index (κ1) is 13.1. The van der Waals surface area contributed by atoms with Crippen molar-refractivity contribution in [2.45, 2.75) is 22.8 Å². The van der Waals surface area contributed by atoms with Crippen molar-refractivity contribution in [3.63, 3.8) is 0 Å². The molecule has 3 rings (SSSR count). The summed E-state index contributed by atoms with van der Waals surface area (Å²) >= 11 is 7.03. The van der Waals surface area contributed by atoms with Gasteiger partial charge in [-0.05, 0) is 11.6 Å². The molecule has 102 valence electrons. The minimum Gasteiger partial charge on any atom is -0.395 e. The third-order valence-electron chi connectivity index (χ3n) is 3.08. The first-order chi connectivity index (χ1) is 9.11. The van der Waals surface area contributed by atoms with Crippen molar-refractivity contribution in [2.24, 2.45) is 0 Å². The molecule has 0 aliphatic carbocycles. The summed E-state index contributed by atoms with van der Waals surface area (Å²) in [6.07, 6.45) is 1.01. The number of nitrogens with zero attached hydrogens (tertiary/aromatic N) is 4. The second-order valence-corrected chi connectivity index (χ2v) is 5.93. The zero-order chi connectivity index (χ0) is 13.6. The Morgan fingerprint density at radius 3 is 2.79 bits per heavy atom. The number of aliphatic hydroxyl groups is 3. The van der Waals surface area contributed by atoms with Gasteiger partial charge in [0.25, 0.3) is 0 Å². The Balaban J connectivity index is 2.03. The largest absolute Gasteiger partial charge is 0.395 e. The molecule has 0 radical (unpaired) electrons. The Kier molecular flexibility index (Phi) is 3.35. The average molecular weight is 303 g/mol. The number of hydrogen-bond donors (Lipinski definition) is 3. The highest BCUT2D eigenvalue weighted by Crippen LogP contribution is 2.42. The minimum absolute atomic E-state index is 0.0889. The summed E-state index contributed by atoms with van der Waals surface area (Å²) < 4.78 is 1.64. The van der Waals surface area contributed by atoms with E-state index in [-0.39, 0.29) is 11.9 Å². The molecule has 19 heavy (non-hydrogen) atoms. The van der Waals surface area contributed by atoms with Crippen LogP contribution < -0.4 is 0 Å². The minimum atomic E-state index is -1.01. The maximum Gasteiger partial charge on any atom is 0.224 e. The first-order valence-corrected chi connectivity index (χ1v) is 6.91. The molecular formula is C10H11ClN4O3S. The fraction of sp³-hybridized carbons (Fsp3) is 0.500. The van der Waals surface area contributed by atoms with Crippen LogP contribution in [-0.4, -0.2) is 58.9 Å². The number of aromatic nitrogens is 4. The van der Waals surface area contributed by atoms with Crippen LogP contribution >= 0.6 is 23.4 Å². The van der Waals surface area contributed by atoms with Crippen molar-refractivity contribution in [3.8, 4) is 0 Å². The fourth-order valence-electron chi connectivity index (χ4n) is 2.10. The van der Waals surface area contributed by atoms with Crippen molar-refractivity contribution in [3.05, 3.63) is 17.8 Å². The predicted molar refractivity (Wildman–Crippen MR) is 69.8 cm³/mol. The van der Waals surface area contributed by atoms with Crippen LogP contribution in [0.25, 0.3) is 11.2 Å². The van der Waals surface area contributed by atoms with E-state index in [1.54, 1.807) is 4.57 Å². The molecule has 2 aromatic heterocycles. The van der Waals surface area contributed by atoms with Gasteiger partial charge in [-0.15, -0.1) is 11.8 Å². The van der Waals surface area contributed by atoms with Crippen LogP contribution in [-0.2, 0) is 0 Å². The SMILES string of the molecule is OC[C@H]1SC(n2cnc3cnc(Cl)nc32)[C@H](O)[C@H]1O. The van der Waals surface area contributed by atoms with E-state index in [0.717, 1.165) is 0 Å². The molecule has 1 aliphatic rings. The molecule has 0 aromatic carbocycles. The molecule has 2 aromatic rings. The van der Waals surface area contributed by atoms with Gasteiger partial charge in [0.05, 0.1) is 30.5 Å². The predicted octanol–water partition coefficient (Wildman–Crippen LogP) is -0.192. The summed E-state index contributed by atoms with van der Waals surface area (Å²) in [4.78, 5) is 12.0. The molecule has 0 saturated carbocycles. The van der Waals surface area contributed by atoms with Crippen molar-refractivity contribution in [2.75, 3.05) is 6.61 Å². The molecular weight excluding hydrogens is 292 g/mol. The van der Waals surface area contributed by atoms with Crippen LogP contribution in [0.2, 0.25) is 5.28 Å². The first-order valence-electron chi connectivity index (χ1n) is 5.59. The summed E-state index contributed by atoms with van der Waals surface area (Å²) in [7, 11) is 0. The van der Waals surface area contributed by atoms with Gasteiger partial charge in [0.15, 0.2) is 5.65 Å². The van der Waals surface area contributed by atoms with Crippen molar-refractivity contribution >= 4 is 34.5 Å². The summed E-state index contributed by atoms with van der Waals surface area (Å²) in [6.45, 7) is -0.207. The van der Waals surface area contributed by atoms with E-state index in [1.807, 2.05) is 0 Å². The molecule has 3 N–H and O–H groups in total. The third-order valence-corrected chi connectivity index (χ3v) is 4.82. The number of fused-ring (bicyclic) bond motifs is 1. The Morgan fingerprint density at radius 2 is 2.11 bits per heavy atom. The number of thioether (sulfide) groups is 1. The highest BCUT2D eigenvalue weighted by molar-refractivity contribution is 8.00. The lowest BCUT2D eigenvalue weighted by atomic mass is 10.1. The highest BCUT2D eigenvalue weighted by Gasteiger charge is 2.43. The van der Waals surface area contributed by atoms with Gasteiger partial charge in [-0.3, -0.25) is 4.57 Å². The standard InChI is InChI=1S/C10H11ClN4O3S/c11-10-12-1-4-8(14-10)15(3-13-4)9-7(18)6(17)5(2-16)19-9/h1,3,5-7,9,16-18H,2H2/t5-,6+,7-,9?/m1/s1. The van der Waals surface area contributed by atoms with Crippen molar-refractivity contribution in [1.29, 1.82) is 0 Å². The normalized spacial score (nSPS) is 31.2. The van der Waals surface area contributed by atoms with E-state index in [1.165, 1.54) is 24.3 Å². The number of aliphatic hydroxyl groups excluding tert-OH is 3. The Labute approximate surface area is 117 Å². The van der Waals surface area contributed by atoms with Gasteiger partial charge >= 0.3 is 0 Å². The van der Waals surface area contributed by atoms with Gasteiger partial charge in [0, 0.05) is 0 Å². The van der Waals surface area contributed by atoms with Gasteiger partial charge < -0.3 is 15.3 Å². The van der Waals surface area contributed by atoms with Gasteiger partial charge in [-0.1, -0.05) is 0 Å². The second-order valence-electron chi connectivity index (χ2n) is 4.23. The van der Waals surface area contributed by atoms with Crippen LogP contribution in [0.3, 0.4) is 0 Å². The van der Waals surface area contributed by atoms with Crippen LogP contribution in [0.5, 0.6) is 0 Å². The van der Waals surface area contributed by atoms with Gasteiger partial charge in [-0.2, -0.15) is 4.98 Å². The lowest BCUT2D eigenvalue weighted by molar-refractivity contribution is 0.0113. The molecule has 1 unspecified atom stereocenters. The molecule has 0 spiro atoms. The summed E-state index contributed by atoms with van der Waals surface area (Å²) in [6, 6.07) is 0. The number of hydrogen-bond acceptors (Lipinski definition) is 7. The lowest BCUT2D eigenvalue weighted by Gasteiger charge is -2.16. The van der Waals surface area contributed by atoms with Crippen LogP contribution in [0, 0.1) is 0 Å². The van der Waals surface area contributed by atoms with Crippen LogP contribution in [0.1, 0.15) is 5.37 Å². The highest BCUT2D eigenvalue weighted by atomic mass is 35.5. The van der Waals surface area contributed by atoms with Crippen molar-refractivity contribution < 1.29 is 15.3 Å². The smallest absolute Gasteiger partial charge is 0.224 e. The summed E-state index contributed by atoms with van der Waals surface area (Å²) in [5.41, 5.74) is 1.04. The maximum absolute atomic E-state index is 10.1. The molecule has 9 heteroatoms. The summed E-state index contributed by atoms with van der Waals surface area (Å²) in [5, 5.41) is 28.2. The molecule has 1 saturated heterocycles. The van der Waals surface area contributed by atoms with Crippen LogP contribution in [0.4, 0.5) is 0 Å². The number of rotatable bonds is 2. The Morgan fingerprint density at radius 1 is 1.32 bits per heavy atom. The molecule has 1 aliphatic heterocycles. The fourth-order valence-corrected chi connectivity index (χ4v) is 3.60. The van der Waals surface area contributed by atoms with Gasteiger partial charge in [-0.25, -0.2) is 9.97 Å². The van der Waals surface area contributed by atoms with Crippen LogP contribution in [0.15, 0.2) is 12.5 Å². The quantitative estimate of drug-likeness (QED) is 0.660. The van der Waals surface area contributed by atoms with E-state index < -0.39 is 22.8 Å². The lowest BCUT2D eigenvalue weighted by Crippen LogP contribution is -2.32. The van der Waals surface area contributed by atoms with E-state index in [2.05, 4.69) is 15.0 Å².